The molecule has 0 bridgehead atoms. The predicted molar refractivity (Wildman–Crippen MR) is 86.5 cm³/mol. The van der Waals surface area contributed by atoms with Gasteiger partial charge in [-0.3, -0.25) is 0 Å². The van der Waals surface area contributed by atoms with Crippen LogP contribution in [0.25, 0.3) is 0 Å². The molecule has 0 aliphatic heterocycles. The Morgan fingerprint density at radius 1 is 1.00 bits per heavy atom. The van der Waals surface area contributed by atoms with Gasteiger partial charge in [-0.05, 0) is 19.1 Å². The molecule has 0 amide bonds. The van der Waals surface area contributed by atoms with E-state index >= 15 is 0 Å². The zero-order valence-corrected chi connectivity index (χ0v) is 13.5. The summed E-state index contributed by atoms with van der Waals surface area (Å²) in [5.74, 6) is -5.15. The Bertz CT molecular complexity index is 844. The number of benzene rings is 2. The lowest BCUT2D eigenvalue weighted by Crippen LogP contribution is -2.22. The third-order valence-electron chi connectivity index (χ3n) is 3.33. The summed E-state index contributed by atoms with van der Waals surface area (Å²) >= 11 is 0. The Kier molecular flexibility index (Phi) is 5.41. The van der Waals surface area contributed by atoms with E-state index in [0.717, 1.165) is 24.3 Å². The lowest BCUT2D eigenvalue weighted by molar-refractivity contribution is -0.151. The number of phenols is 4. The van der Waals surface area contributed by atoms with Gasteiger partial charge in [0.25, 0.3) is 0 Å². The first-order valence-corrected chi connectivity index (χ1v) is 7.39. The van der Waals surface area contributed by atoms with E-state index in [2.05, 4.69) is 0 Å². The maximum absolute atomic E-state index is 12.2. The Labute approximate surface area is 147 Å². The zero-order chi connectivity index (χ0) is 19.4. The smallest absolute Gasteiger partial charge is 0.352 e. The largest absolute Gasteiger partial charge is 0.508 e. The second kappa shape index (κ2) is 7.51. The van der Waals surface area contributed by atoms with E-state index in [1.54, 1.807) is 6.92 Å². The average Bonchev–Trinajstić information content (AvgIpc) is 2.54. The molecule has 0 radical (unpaired) electrons. The first-order chi connectivity index (χ1) is 12.2. The molecule has 9 nitrogen and oxygen atoms in total. The van der Waals surface area contributed by atoms with Crippen molar-refractivity contribution in [3.8, 4) is 28.7 Å². The average molecular weight is 364 g/mol. The number of carboxylic acid groups (broad SMARTS) is 1. The monoisotopic (exact) mass is 364 g/mol. The van der Waals surface area contributed by atoms with Crippen molar-refractivity contribution in [1.29, 1.82) is 0 Å². The van der Waals surface area contributed by atoms with E-state index in [4.69, 9.17) is 9.47 Å². The molecule has 9 heteroatoms. The van der Waals surface area contributed by atoms with Crippen molar-refractivity contribution in [2.24, 2.45) is 0 Å². The number of carboxylic acids is 1. The summed E-state index contributed by atoms with van der Waals surface area (Å²) in [4.78, 5) is 23.6. The van der Waals surface area contributed by atoms with Crippen LogP contribution in [0, 0.1) is 0 Å². The molecule has 0 saturated heterocycles. The van der Waals surface area contributed by atoms with E-state index in [0.29, 0.717) is 0 Å². The highest BCUT2D eigenvalue weighted by atomic mass is 16.6. The molecular formula is C17H16O9. The summed E-state index contributed by atoms with van der Waals surface area (Å²) in [5, 5.41) is 47.6. The molecule has 138 valence electrons. The van der Waals surface area contributed by atoms with Crippen molar-refractivity contribution < 1.29 is 44.6 Å². The molecule has 5 N–H and O–H groups in total. The van der Waals surface area contributed by atoms with Crippen LogP contribution < -0.4 is 4.74 Å². The van der Waals surface area contributed by atoms with Gasteiger partial charge in [0.15, 0.2) is 11.5 Å². The van der Waals surface area contributed by atoms with Gasteiger partial charge in [-0.25, -0.2) is 9.59 Å². The van der Waals surface area contributed by atoms with Crippen LogP contribution in [-0.4, -0.2) is 44.1 Å². The summed E-state index contributed by atoms with van der Waals surface area (Å²) in [7, 11) is 0. The topological polar surface area (TPSA) is 154 Å². The molecule has 2 aromatic carbocycles. The lowest BCUT2D eigenvalue weighted by atomic mass is 10.1. The molecule has 0 saturated carbocycles. The van der Waals surface area contributed by atoms with E-state index in [-0.39, 0.29) is 12.2 Å². The number of aromatic hydroxyl groups is 4. The number of esters is 1. The van der Waals surface area contributed by atoms with Crippen LogP contribution in [0.5, 0.6) is 28.7 Å². The second-order valence-corrected chi connectivity index (χ2v) is 5.14. The van der Waals surface area contributed by atoms with Crippen molar-refractivity contribution in [2.75, 3.05) is 6.61 Å². The second-order valence-electron chi connectivity index (χ2n) is 5.14. The first kappa shape index (κ1) is 18.7. The molecule has 0 heterocycles. The summed E-state index contributed by atoms with van der Waals surface area (Å²) < 4.78 is 10.3. The Balaban J connectivity index is 2.53. The van der Waals surface area contributed by atoms with Crippen LogP contribution in [0.15, 0.2) is 30.3 Å². The van der Waals surface area contributed by atoms with Gasteiger partial charge >= 0.3 is 11.9 Å². The summed E-state index contributed by atoms with van der Waals surface area (Å²) in [6, 6.07) is 5.13. The van der Waals surface area contributed by atoms with Crippen LogP contribution in [-0.2, 0) is 9.53 Å². The van der Waals surface area contributed by atoms with Gasteiger partial charge in [0, 0.05) is 17.7 Å². The fraction of sp³-hybridized carbons (Fsp3) is 0.176. The normalized spacial score (nSPS) is 11.6. The van der Waals surface area contributed by atoms with Crippen LogP contribution >= 0.6 is 0 Å². The standard InChI is InChI=1S/C17H16O9/c1-2-25-17(24)15(8-3-4-10(19)11(20)5-8)26-13-7-9(18)6-12(21)14(13)16(22)23/h3-7,15,18-21H,2H2,1H3,(H,22,23). The Morgan fingerprint density at radius 3 is 2.27 bits per heavy atom. The quantitative estimate of drug-likeness (QED) is 0.382. The van der Waals surface area contributed by atoms with E-state index in [1.165, 1.54) is 6.07 Å². The first-order valence-electron chi connectivity index (χ1n) is 7.39. The van der Waals surface area contributed by atoms with Gasteiger partial charge in [-0.15, -0.1) is 0 Å². The SMILES string of the molecule is CCOC(=O)C(Oc1cc(O)cc(O)c1C(=O)O)c1ccc(O)c(O)c1. The van der Waals surface area contributed by atoms with Crippen LogP contribution in [0.4, 0.5) is 0 Å². The van der Waals surface area contributed by atoms with Crippen LogP contribution in [0.1, 0.15) is 28.9 Å². The molecule has 0 aliphatic rings. The number of phenolic OH excluding ortho intramolecular Hbond substituents is 3. The minimum atomic E-state index is -1.55. The van der Waals surface area contributed by atoms with Gasteiger partial charge < -0.3 is 35.0 Å². The zero-order valence-electron chi connectivity index (χ0n) is 13.5. The molecule has 0 spiro atoms. The lowest BCUT2D eigenvalue weighted by Gasteiger charge is -2.20. The van der Waals surface area contributed by atoms with Crippen molar-refractivity contribution in [1.82, 2.24) is 0 Å². The molecule has 1 atom stereocenters. The third kappa shape index (κ3) is 3.89. The molecule has 1 unspecified atom stereocenters. The molecule has 26 heavy (non-hydrogen) atoms. The number of hydrogen-bond donors (Lipinski definition) is 5. The minimum absolute atomic E-state index is 0.000162. The van der Waals surface area contributed by atoms with Crippen molar-refractivity contribution in [3.05, 3.63) is 41.5 Å². The number of rotatable bonds is 6. The summed E-state index contributed by atoms with van der Waals surface area (Å²) in [6.07, 6.45) is -1.53. The van der Waals surface area contributed by atoms with Crippen molar-refractivity contribution in [3.63, 3.8) is 0 Å². The molecule has 2 rings (SSSR count). The fourth-order valence-electron chi connectivity index (χ4n) is 2.20. The highest BCUT2D eigenvalue weighted by Gasteiger charge is 2.29. The maximum Gasteiger partial charge on any atom is 0.352 e. The fourth-order valence-corrected chi connectivity index (χ4v) is 2.20. The van der Waals surface area contributed by atoms with E-state index in [9.17, 15) is 35.1 Å². The van der Waals surface area contributed by atoms with Gasteiger partial charge in [0.2, 0.25) is 6.10 Å². The minimum Gasteiger partial charge on any atom is -0.508 e. The van der Waals surface area contributed by atoms with E-state index < -0.39 is 52.4 Å². The Morgan fingerprint density at radius 2 is 1.69 bits per heavy atom. The molecular weight excluding hydrogens is 348 g/mol. The maximum atomic E-state index is 12.2. The number of carbonyl (C=O) groups is 2. The predicted octanol–water partition coefficient (Wildman–Crippen LogP) is 1.89. The summed E-state index contributed by atoms with van der Waals surface area (Å²) in [5.41, 5.74) is -0.613. The van der Waals surface area contributed by atoms with Crippen LogP contribution in [0.3, 0.4) is 0 Å². The van der Waals surface area contributed by atoms with Crippen molar-refractivity contribution >= 4 is 11.9 Å². The van der Waals surface area contributed by atoms with E-state index in [1.807, 2.05) is 0 Å². The van der Waals surface area contributed by atoms with Crippen molar-refractivity contribution in [2.45, 2.75) is 13.0 Å². The number of ether oxygens (including phenoxy) is 2. The number of aromatic carboxylic acids is 1. The molecule has 2 aromatic rings. The molecule has 0 fully saturated rings. The molecule has 0 aromatic heterocycles. The third-order valence-corrected chi connectivity index (χ3v) is 3.33. The van der Waals surface area contributed by atoms with Gasteiger partial charge in [0.05, 0.1) is 6.61 Å². The highest BCUT2D eigenvalue weighted by molar-refractivity contribution is 5.94. The highest BCUT2D eigenvalue weighted by Crippen LogP contribution is 2.37. The summed E-state index contributed by atoms with van der Waals surface area (Å²) in [6.45, 7) is 1.55. The number of carbonyl (C=O) groups excluding carboxylic acids is 1. The Hall–Kier alpha value is -3.62. The number of hydrogen-bond acceptors (Lipinski definition) is 8. The van der Waals surface area contributed by atoms with Gasteiger partial charge in [-0.1, -0.05) is 6.07 Å². The van der Waals surface area contributed by atoms with Gasteiger partial charge in [0.1, 0.15) is 22.8 Å². The van der Waals surface area contributed by atoms with Gasteiger partial charge in [-0.2, -0.15) is 0 Å². The molecule has 0 aliphatic carbocycles. The van der Waals surface area contributed by atoms with Crippen LogP contribution in [0.2, 0.25) is 0 Å².